The fourth-order valence-electron chi connectivity index (χ4n) is 5.25. The van der Waals surface area contributed by atoms with Crippen molar-refractivity contribution < 1.29 is 56.8 Å². The van der Waals surface area contributed by atoms with E-state index < -0.39 is 71.2 Å². The van der Waals surface area contributed by atoms with Gasteiger partial charge in [-0.2, -0.15) is 8.42 Å². The number of ether oxygens (including phenoxy) is 4. The average Bonchev–Trinajstić information content (AvgIpc) is 3.13. The average molecular weight is 783 g/mol. The van der Waals surface area contributed by atoms with Crippen LogP contribution in [0.25, 0.3) is 0 Å². The van der Waals surface area contributed by atoms with Gasteiger partial charge < -0.3 is 34.3 Å². The maximum Gasteiger partial charge on any atom is 0.306 e. The van der Waals surface area contributed by atoms with Crippen molar-refractivity contribution >= 4 is 22.1 Å². The number of allylic oxidation sites excluding steroid dienone is 12. The topological polar surface area (TPSA) is 186 Å². The van der Waals surface area contributed by atoms with E-state index in [1.807, 2.05) is 18.2 Å². The molecule has 308 valence electrons. The minimum atomic E-state index is -4.61. The Balaban J connectivity index is 2.59. The number of rotatable bonds is 30. The Morgan fingerprint density at radius 3 is 1.81 bits per heavy atom. The molecule has 1 aliphatic rings. The van der Waals surface area contributed by atoms with Crippen LogP contribution in [0.5, 0.6) is 0 Å². The van der Waals surface area contributed by atoms with Gasteiger partial charge in [-0.05, 0) is 64.2 Å². The second-order valence-electron chi connectivity index (χ2n) is 13.2. The van der Waals surface area contributed by atoms with Gasteiger partial charge in [0.05, 0.1) is 6.61 Å². The summed E-state index contributed by atoms with van der Waals surface area (Å²) >= 11 is 0. The largest absolute Gasteiger partial charge is 0.462 e. The lowest BCUT2D eigenvalue weighted by Crippen LogP contribution is -2.60. The number of carbonyl (C=O) groups excluding carboxylic acids is 2. The van der Waals surface area contributed by atoms with Crippen molar-refractivity contribution in [3.05, 3.63) is 72.9 Å². The van der Waals surface area contributed by atoms with E-state index in [-0.39, 0.29) is 19.4 Å². The molecule has 4 N–H and O–H groups in total. The third kappa shape index (κ3) is 26.0. The Kier molecular flexibility index (Phi) is 28.5. The highest BCUT2D eigenvalue weighted by Crippen LogP contribution is 2.23. The number of hydrogen-bond acceptors (Lipinski definition) is 11. The summed E-state index contributed by atoms with van der Waals surface area (Å²) in [6.45, 7) is 3.46. The van der Waals surface area contributed by atoms with E-state index in [1.165, 1.54) is 0 Å². The van der Waals surface area contributed by atoms with Crippen molar-refractivity contribution in [3.8, 4) is 0 Å². The first-order valence-corrected chi connectivity index (χ1v) is 21.1. The monoisotopic (exact) mass is 782 g/mol. The molecule has 0 saturated carbocycles. The molecular formula is C41H66O12S. The quantitative estimate of drug-likeness (QED) is 0.0260. The number of aliphatic hydroxyl groups excluding tert-OH is 3. The molecule has 0 bridgehead atoms. The van der Waals surface area contributed by atoms with Gasteiger partial charge in [0.15, 0.2) is 12.4 Å². The summed E-state index contributed by atoms with van der Waals surface area (Å²) in [5.41, 5.74) is 0. The molecule has 13 heteroatoms. The second kappa shape index (κ2) is 31.3. The zero-order valence-corrected chi connectivity index (χ0v) is 33.1. The van der Waals surface area contributed by atoms with E-state index >= 15 is 0 Å². The van der Waals surface area contributed by atoms with E-state index in [1.54, 1.807) is 0 Å². The Labute approximate surface area is 323 Å². The van der Waals surface area contributed by atoms with Gasteiger partial charge in [0.2, 0.25) is 0 Å². The molecule has 6 unspecified atom stereocenters. The fraction of sp³-hybridized carbons (Fsp3) is 0.659. The number of hydrogen-bond donors (Lipinski definition) is 4. The van der Waals surface area contributed by atoms with E-state index in [4.69, 9.17) is 18.9 Å². The van der Waals surface area contributed by atoms with Crippen LogP contribution in [-0.2, 0) is 38.7 Å². The molecule has 1 heterocycles. The van der Waals surface area contributed by atoms with Gasteiger partial charge in [0, 0.05) is 12.8 Å². The van der Waals surface area contributed by atoms with E-state index in [0.717, 1.165) is 70.6 Å². The molecule has 1 fully saturated rings. The van der Waals surface area contributed by atoms with Crippen LogP contribution in [0.15, 0.2) is 72.9 Å². The highest BCUT2D eigenvalue weighted by Gasteiger charge is 2.46. The van der Waals surface area contributed by atoms with Crippen LogP contribution in [0, 0.1) is 0 Å². The molecule has 1 saturated heterocycles. The number of aliphatic hydroxyl groups is 3. The first-order valence-electron chi connectivity index (χ1n) is 19.5. The van der Waals surface area contributed by atoms with Crippen molar-refractivity contribution in [2.75, 3.05) is 19.0 Å². The number of carbonyl (C=O) groups is 2. The molecule has 6 atom stereocenters. The van der Waals surface area contributed by atoms with Gasteiger partial charge in [-0.15, -0.1) is 0 Å². The van der Waals surface area contributed by atoms with Crippen LogP contribution < -0.4 is 0 Å². The summed E-state index contributed by atoms with van der Waals surface area (Å²) in [4.78, 5) is 25.2. The first kappa shape index (κ1) is 49.1. The summed E-state index contributed by atoms with van der Waals surface area (Å²) < 4.78 is 53.7. The van der Waals surface area contributed by atoms with Crippen molar-refractivity contribution in [3.63, 3.8) is 0 Å². The molecule has 0 aromatic carbocycles. The SMILES string of the molecule is CC/C=C\C/C=C\C/C=C\C/C=C\CCC(=O)OC(COC(=O)CCCCCCC/C=C\C/C=C\CCC)COC1OC(CS(=O)(=O)O)C(O)C(O)C1O. The third-order valence-electron chi connectivity index (χ3n) is 8.26. The summed E-state index contributed by atoms with van der Waals surface area (Å²) in [6.07, 6.45) is 28.4. The molecule has 0 spiro atoms. The lowest BCUT2D eigenvalue weighted by Gasteiger charge is -2.40. The third-order valence-corrected chi connectivity index (χ3v) is 9.01. The van der Waals surface area contributed by atoms with Crippen LogP contribution in [-0.4, -0.2) is 96.0 Å². The number of esters is 2. The molecule has 0 radical (unpaired) electrons. The highest BCUT2D eigenvalue weighted by atomic mass is 32.2. The van der Waals surface area contributed by atoms with Crippen LogP contribution in [0.4, 0.5) is 0 Å². The molecule has 1 aliphatic heterocycles. The molecule has 0 aliphatic carbocycles. The molecule has 54 heavy (non-hydrogen) atoms. The molecule has 12 nitrogen and oxygen atoms in total. The van der Waals surface area contributed by atoms with Gasteiger partial charge >= 0.3 is 11.9 Å². The van der Waals surface area contributed by atoms with Crippen molar-refractivity contribution in [1.82, 2.24) is 0 Å². The molecule has 1 rings (SSSR count). The van der Waals surface area contributed by atoms with Gasteiger partial charge in [-0.1, -0.05) is 112 Å². The van der Waals surface area contributed by atoms with E-state index in [2.05, 4.69) is 68.5 Å². The standard InChI is InChI=1S/C41H66O12S/c1-3-5-7-9-11-13-15-17-19-21-23-25-27-29-36(42)50-31-34(32-51-41-40(46)39(45)38(44)35(53-41)33-54(47,48)49)52-37(43)30-28-26-24-22-20-18-16-14-12-10-8-6-4-2/h6-9,12-15,18,20,24,26,34-35,38-41,44-46H,3-5,10-11,16-17,19,21-23,25,27-33H2,1-2H3,(H,47,48,49)/b8-6-,9-7-,14-12-,15-13-,20-18-,26-24-. The van der Waals surface area contributed by atoms with Crippen LogP contribution >= 0.6 is 0 Å². The summed E-state index contributed by atoms with van der Waals surface area (Å²) in [7, 11) is -4.61. The Bertz CT molecular complexity index is 1290. The van der Waals surface area contributed by atoms with Crippen molar-refractivity contribution in [2.45, 2.75) is 153 Å². The Morgan fingerprint density at radius 2 is 1.20 bits per heavy atom. The second-order valence-corrected chi connectivity index (χ2v) is 14.7. The summed E-state index contributed by atoms with van der Waals surface area (Å²) in [6, 6.07) is 0. The normalized spacial score (nSPS) is 21.8. The molecule has 0 amide bonds. The van der Waals surface area contributed by atoms with Crippen LogP contribution in [0.1, 0.15) is 117 Å². The van der Waals surface area contributed by atoms with Gasteiger partial charge in [0.25, 0.3) is 10.1 Å². The summed E-state index contributed by atoms with van der Waals surface area (Å²) in [5, 5.41) is 30.7. The minimum absolute atomic E-state index is 0.0361. The molecule has 0 aromatic rings. The maximum atomic E-state index is 12.7. The van der Waals surface area contributed by atoms with Gasteiger partial charge in [-0.25, -0.2) is 0 Å². The zero-order chi connectivity index (χ0) is 39.9. The number of unbranched alkanes of at least 4 members (excludes halogenated alkanes) is 6. The Morgan fingerprint density at radius 1 is 0.648 bits per heavy atom. The zero-order valence-electron chi connectivity index (χ0n) is 32.3. The lowest BCUT2D eigenvalue weighted by molar-refractivity contribution is -0.297. The first-order chi connectivity index (χ1) is 26.0. The lowest BCUT2D eigenvalue weighted by atomic mass is 10.00. The predicted molar refractivity (Wildman–Crippen MR) is 210 cm³/mol. The van der Waals surface area contributed by atoms with E-state index in [0.29, 0.717) is 19.3 Å². The van der Waals surface area contributed by atoms with Crippen LogP contribution in [0.3, 0.4) is 0 Å². The van der Waals surface area contributed by atoms with Crippen molar-refractivity contribution in [2.24, 2.45) is 0 Å². The van der Waals surface area contributed by atoms with Gasteiger partial charge in [0.1, 0.15) is 36.8 Å². The van der Waals surface area contributed by atoms with Gasteiger partial charge in [-0.3, -0.25) is 14.1 Å². The highest BCUT2D eigenvalue weighted by molar-refractivity contribution is 7.85. The molecule has 0 aromatic heterocycles. The smallest absolute Gasteiger partial charge is 0.306 e. The fourth-order valence-corrected chi connectivity index (χ4v) is 5.95. The summed E-state index contributed by atoms with van der Waals surface area (Å²) in [5.74, 6) is -2.12. The molecular weight excluding hydrogens is 717 g/mol. The minimum Gasteiger partial charge on any atom is -0.462 e. The Hall–Kier alpha value is -2.91. The maximum absolute atomic E-state index is 12.7. The predicted octanol–water partition coefficient (Wildman–Crippen LogP) is 6.77. The van der Waals surface area contributed by atoms with E-state index in [9.17, 15) is 37.9 Å². The van der Waals surface area contributed by atoms with Crippen molar-refractivity contribution in [1.29, 1.82) is 0 Å². The van der Waals surface area contributed by atoms with Crippen LogP contribution in [0.2, 0.25) is 0 Å².